The fraction of sp³-hybridized carbons (Fsp3) is 0.304. The average molecular weight is 458 g/mol. The maximum absolute atomic E-state index is 12.6. The van der Waals surface area contributed by atoms with Gasteiger partial charge < -0.3 is 14.2 Å². The van der Waals surface area contributed by atoms with Crippen LogP contribution >= 0.6 is 22.9 Å². The Kier molecular flexibility index (Phi) is 6.75. The van der Waals surface area contributed by atoms with E-state index in [0.717, 1.165) is 30.2 Å². The predicted molar refractivity (Wildman–Crippen MR) is 122 cm³/mol. The second kappa shape index (κ2) is 9.68. The fourth-order valence-corrected chi connectivity index (χ4v) is 4.84. The van der Waals surface area contributed by atoms with E-state index in [1.165, 1.54) is 20.9 Å². The van der Waals surface area contributed by atoms with Crippen LogP contribution in [0.25, 0.3) is 10.4 Å². The van der Waals surface area contributed by atoms with Crippen LogP contribution in [0.5, 0.6) is 0 Å². The Hall–Kier alpha value is -2.61. The van der Waals surface area contributed by atoms with Crippen molar-refractivity contribution < 1.29 is 14.0 Å². The first-order chi connectivity index (χ1) is 15.0. The molecule has 0 unspecified atom stereocenters. The Morgan fingerprint density at radius 2 is 1.90 bits per heavy atom. The zero-order chi connectivity index (χ0) is 21.8. The molecule has 4 rings (SSSR count). The molecule has 0 bridgehead atoms. The molecule has 8 heteroatoms. The standard InChI is InChI=1S/C23H24ClN3O3S/c1-25(23(29)20-6-3-13-30-20)16-22(28)27-11-9-26(10-12-27)15-19-7-8-21(31-19)17-4-2-5-18(24)14-17/h2-8,13-14H,9-12,15-16H2,1H3. The molecule has 0 saturated carbocycles. The summed E-state index contributed by atoms with van der Waals surface area (Å²) in [6.45, 7) is 3.86. The molecule has 162 valence electrons. The molecule has 1 fully saturated rings. The van der Waals surface area contributed by atoms with E-state index in [-0.39, 0.29) is 24.1 Å². The summed E-state index contributed by atoms with van der Waals surface area (Å²) in [5.41, 5.74) is 1.13. The minimum Gasteiger partial charge on any atom is -0.459 e. The number of halogens is 1. The van der Waals surface area contributed by atoms with Crippen LogP contribution in [-0.4, -0.2) is 66.3 Å². The van der Waals surface area contributed by atoms with Gasteiger partial charge in [-0.05, 0) is 42.0 Å². The number of hydrogen-bond acceptors (Lipinski definition) is 5. The molecule has 1 aromatic carbocycles. The molecule has 0 spiro atoms. The number of carbonyl (C=O) groups is 2. The van der Waals surface area contributed by atoms with Crippen molar-refractivity contribution in [2.45, 2.75) is 6.54 Å². The van der Waals surface area contributed by atoms with Gasteiger partial charge in [-0.2, -0.15) is 0 Å². The monoisotopic (exact) mass is 457 g/mol. The summed E-state index contributed by atoms with van der Waals surface area (Å²) in [5.74, 6) is -0.0835. The summed E-state index contributed by atoms with van der Waals surface area (Å²) in [6, 6.07) is 15.5. The highest BCUT2D eigenvalue weighted by atomic mass is 35.5. The Bertz CT molecular complexity index is 1040. The van der Waals surface area contributed by atoms with Gasteiger partial charge in [0.2, 0.25) is 5.91 Å². The summed E-state index contributed by atoms with van der Waals surface area (Å²) in [4.78, 5) is 32.9. The zero-order valence-corrected chi connectivity index (χ0v) is 18.9. The van der Waals surface area contributed by atoms with Crippen LogP contribution in [0, 0.1) is 0 Å². The first-order valence-corrected chi connectivity index (χ1v) is 11.3. The quantitative estimate of drug-likeness (QED) is 0.559. The lowest BCUT2D eigenvalue weighted by molar-refractivity contribution is -0.133. The summed E-state index contributed by atoms with van der Waals surface area (Å²) in [7, 11) is 1.62. The Morgan fingerprint density at radius 3 is 2.61 bits per heavy atom. The Morgan fingerprint density at radius 1 is 1.10 bits per heavy atom. The fourth-order valence-electron chi connectivity index (χ4n) is 3.60. The lowest BCUT2D eigenvalue weighted by atomic mass is 10.2. The molecule has 1 aliphatic rings. The van der Waals surface area contributed by atoms with E-state index in [1.807, 2.05) is 23.1 Å². The van der Waals surface area contributed by atoms with Gasteiger partial charge in [-0.3, -0.25) is 14.5 Å². The predicted octanol–water partition coefficient (Wildman–Crippen LogP) is 4.08. The maximum Gasteiger partial charge on any atom is 0.289 e. The molecule has 0 aliphatic carbocycles. The number of piperazine rings is 1. The average Bonchev–Trinajstić information content (AvgIpc) is 3.46. The number of benzene rings is 1. The van der Waals surface area contributed by atoms with Crippen molar-refractivity contribution in [3.05, 3.63) is 70.5 Å². The van der Waals surface area contributed by atoms with Crippen molar-refractivity contribution in [3.63, 3.8) is 0 Å². The van der Waals surface area contributed by atoms with Crippen LogP contribution in [0.1, 0.15) is 15.4 Å². The van der Waals surface area contributed by atoms with E-state index in [1.54, 1.807) is 30.5 Å². The smallest absolute Gasteiger partial charge is 0.289 e. The van der Waals surface area contributed by atoms with Gasteiger partial charge >= 0.3 is 0 Å². The van der Waals surface area contributed by atoms with Crippen molar-refractivity contribution in [1.29, 1.82) is 0 Å². The van der Waals surface area contributed by atoms with Crippen molar-refractivity contribution in [1.82, 2.24) is 14.7 Å². The van der Waals surface area contributed by atoms with Crippen molar-refractivity contribution in [2.24, 2.45) is 0 Å². The van der Waals surface area contributed by atoms with Gasteiger partial charge in [0.1, 0.15) is 0 Å². The number of likely N-dealkylation sites (N-methyl/N-ethyl adjacent to an activating group) is 1. The molecule has 0 radical (unpaired) electrons. The van der Waals surface area contributed by atoms with Gasteiger partial charge in [0.05, 0.1) is 12.8 Å². The molecule has 1 saturated heterocycles. The first-order valence-electron chi connectivity index (χ1n) is 10.1. The van der Waals surface area contributed by atoms with Gasteiger partial charge in [0.25, 0.3) is 5.91 Å². The molecule has 3 heterocycles. The SMILES string of the molecule is CN(CC(=O)N1CCN(Cc2ccc(-c3cccc(Cl)c3)s2)CC1)C(=O)c1ccco1. The highest BCUT2D eigenvalue weighted by Gasteiger charge is 2.24. The van der Waals surface area contributed by atoms with Gasteiger partial charge in [-0.15, -0.1) is 11.3 Å². The van der Waals surface area contributed by atoms with Crippen LogP contribution in [0.2, 0.25) is 5.02 Å². The lowest BCUT2D eigenvalue weighted by Gasteiger charge is -2.35. The van der Waals surface area contributed by atoms with Crippen molar-refractivity contribution in [3.8, 4) is 10.4 Å². The van der Waals surface area contributed by atoms with E-state index >= 15 is 0 Å². The second-order valence-electron chi connectivity index (χ2n) is 7.57. The van der Waals surface area contributed by atoms with Gasteiger partial charge in [0, 0.05) is 54.5 Å². The van der Waals surface area contributed by atoms with Crippen LogP contribution in [0.15, 0.2) is 59.2 Å². The number of rotatable bonds is 6. The normalized spacial score (nSPS) is 14.6. The summed E-state index contributed by atoms with van der Waals surface area (Å²) >= 11 is 7.88. The number of thiophene rings is 1. The third-order valence-corrected chi connectivity index (χ3v) is 6.68. The Labute approximate surface area is 190 Å². The molecule has 2 amide bonds. The maximum atomic E-state index is 12.6. The highest BCUT2D eigenvalue weighted by Crippen LogP contribution is 2.30. The number of amides is 2. The van der Waals surface area contributed by atoms with E-state index in [0.29, 0.717) is 13.1 Å². The van der Waals surface area contributed by atoms with Crippen molar-refractivity contribution in [2.75, 3.05) is 39.8 Å². The third-order valence-electron chi connectivity index (χ3n) is 5.33. The van der Waals surface area contributed by atoms with Crippen molar-refractivity contribution >= 4 is 34.8 Å². The Balaban J connectivity index is 1.26. The van der Waals surface area contributed by atoms with E-state index < -0.39 is 0 Å². The largest absolute Gasteiger partial charge is 0.459 e. The third kappa shape index (κ3) is 5.36. The lowest BCUT2D eigenvalue weighted by Crippen LogP contribution is -2.51. The van der Waals surface area contributed by atoms with Gasteiger partial charge in [-0.25, -0.2) is 0 Å². The molecular formula is C23H24ClN3O3S. The molecular weight excluding hydrogens is 434 g/mol. The van der Waals surface area contributed by atoms with Gasteiger partial charge in [-0.1, -0.05) is 23.7 Å². The summed E-state index contributed by atoms with van der Waals surface area (Å²) < 4.78 is 5.12. The molecule has 6 nitrogen and oxygen atoms in total. The minimum absolute atomic E-state index is 0.0403. The van der Waals surface area contributed by atoms with Crippen LogP contribution in [0.4, 0.5) is 0 Å². The van der Waals surface area contributed by atoms with Crippen LogP contribution in [-0.2, 0) is 11.3 Å². The molecule has 0 atom stereocenters. The first kappa shape index (κ1) is 21.6. The number of furan rings is 1. The van der Waals surface area contributed by atoms with E-state index in [9.17, 15) is 9.59 Å². The highest BCUT2D eigenvalue weighted by molar-refractivity contribution is 7.15. The molecule has 31 heavy (non-hydrogen) atoms. The van der Waals surface area contributed by atoms with Crippen LogP contribution < -0.4 is 0 Å². The zero-order valence-electron chi connectivity index (χ0n) is 17.3. The summed E-state index contributed by atoms with van der Waals surface area (Å²) in [5, 5.41) is 0.741. The molecule has 1 aliphatic heterocycles. The topological polar surface area (TPSA) is 57.0 Å². The number of hydrogen-bond donors (Lipinski definition) is 0. The summed E-state index contributed by atoms with van der Waals surface area (Å²) in [6.07, 6.45) is 1.45. The molecule has 2 aromatic heterocycles. The van der Waals surface area contributed by atoms with E-state index in [2.05, 4.69) is 23.1 Å². The molecule has 0 N–H and O–H groups in total. The number of nitrogens with zero attached hydrogens (tertiary/aromatic N) is 3. The van der Waals surface area contributed by atoms with Gasteiger partial charge in [0.15, 0.2) is 5.76 Å². The molecule has 3 aromatic rings. The minimum atomic E-state index is -0.287. The van der Waals surface area contributed by atoms with E-state index in [4.69, 9.17) is 16.0 Å². The number of carbonyl (C=O) groups excluding carboxylic acids is 2. The van der Waals surface area contributed by atoms with Crippen LogP contribution in [0.3, 0.4) is 0 Å². The second-order valence-corrected chi connectivity index (χ2v) is 9.18.